The van der Waals surface area contributed by atoms with Gasteiger partial charge >= 0.3 is 0 Å². The van der Waals surface area contributed by atoms with Gasteiger partial charge in [-0.15, -0.1) is 0 Å². The molecule has 0 saturated carbocycles. The van der Waals surface area contributed by atoms with E-state index in [-0.39, 0.29) is 0 Å². The Morgan fingerprint density at radius 2 is 0.625 bits per heavy atom. The van der Waals surface area contributed by atoms with Crippen LogP contribution in [0.25, 0.3) is 88.7 Å². The van der Waals surface area contributed by atoms with Crippen molar-refractivity contribution in [2.24, 2.45) is 0 Å². The van der Waals surface area contributed by atoms with Gasteiger partial charge in [0.1, 0.15) is 0 Å². The van der Waals surface area contributed by atoms with Crippen LogP contribution in [-0.2, 0) is 0 Å². The molecule has 0 radical (unpaired) electrons. The fraction of sp³-hybridized carbons (Fsp3) is 0. The minimum Gasteiger partial charge on any atom is -0.208 e. The van der Waals surface area contributed by atoms with Crippen LogP contribution in [-0.4, -0.2) is 15.0 Å². The van der Waals surface area contributed by atoms with Crippen LogP contribution >= 0.6 is 0 Å². The van der Waals surface area contributed by atoms with E-state index in [4.69, 9.17) is 15.0 Å². The topological polar surface area (TPSA) is 38.7 Å². The van der Waals surface area contributed by atoms with Crippen molar-refractivity contribution in [2.75, 3.05) is 0 Å². The summed E-state index contributed by atoms with van der Waals surface area (Å²) in [5.41, 5.74) is 7.59. The van der Waals surface area contributed by atoms with E-state index in [2.05, 4.69) is 170 Å². The second kappa shape index (κ2) is 11.7. The number of hydrogen-bond donors (Lipinski definition) is 0. The minimum atomic E-state index is 0.646. The first-order chi connectivity index (χ1) is 23.7. The number of hydrogen-bond acceptors (Lipinski definition) is 3. The first kappa shape index (κ1) is 27.8. The molecule has 224 valence electrons. The number of benzene rings is 8. The van der Waals surface area contributed by atoms with Gasteiger partial charge in [-0.2, -0.15) is 0 Å². The Kier molecular flexibility index (Phi) is 6.80. The average molecular weight is 612 g/mol. The molecule has 0 spiro atoms. The van der Waals surface area contributed by atoms with E-state index in [1.807, 2.05) is 6.07 Å². The smallest absolute Gasteiger partial charge is 0.164 e. The lowest BCUT2D eigenvalue weighted by Gasteiger charge is -2.11. The maximum atomic E-state index is 5.06. The van der Waals surface area contributed by atoms with Crippen molar-refractivity contribution in [3.05, 3.63) is 176 Å². The van der Waals surface area contributed by atoms with Crippen LogP contribution in [0.2, 0.25) is 0 Å². The fourth-order valence-corrected chi connectivity index (χ4v) is 6.54. The molecule has 3 nitrogen and oxygen atoms in total. The third-order valence-electron chi connectivity index (χ3n) is 9.11. The summed E-state index contributed by atoms with van der Waals surface area (Å²) in [6.07, 6.45) is 0. The standard InChI is InChI=1S/C45H29N3/c1-2-8-30(9-3-1)32-14-16-33(17-15-32)34-18-22-36(23-19-34)43-46-44(39-25-20-31-10-4-5-12-37(31)28-39)48-45(47-43)40-26-27-42-38(29-40)24-21-35-11-6-7-13-41(35)42/h1-29H. The van der Waals surface area contributed by atoms with Gasteiger partial charge in [-0.3, -0.25) is 0 Å². The zero-order valence-corrected chi connectivity index (χ0v) is 26.1. The molecule has 8 aromatic carbocycles. The lowest BCUT2D eigenvalue weighted by molar-refractivity contribution is 1.08. The normalized spacial score (nSPS) is 11.3. The van der Waals surface area contributed by atoms with Crippen LogP contribution in [0.5, 0.6) is 0 Å². The van der Waals surface area contributed by atoms with Gasteiger partial charge < -0.3 is 0 Å². The molecule has 0 aliphatic carbocycles. The molecule has 0 amide bonds. The van der Waals surface area contributed by atoms with Crippen molar-refractivity contribution < 1.29 is 0 Å². The Hall–Kier alpha value is -6.45. The Labute approximate surface area is 278 Å². The summed E-state index contributed by atoms with van der Waals surface area (Å²) in [6, 6.07) is 61.8. The molecule has 0 fully saturated rings. The highest BCUT2D eigenvalue weighted by molar-refractivity contribution is 6.08. The van der Waals surface area contributed by atoms with Crippen molar-refractivity contribution in [3.8, 4) is 56.4 Å². The number of fused-ring (bicyclic) bond motifs is 4. The Bertz CT molecular complexity index is 2590. The van der Waals surface area contributed by atoms with Crippen LogP contribution in [0.1, 0.15) is 0 Å². The van der Waals surface area contributed by atoms with E-state index in [0.29, 0.717) is 17.5 Å². The van der Waals surface area contributed by atoms with E-state index in [1.54, 1.807) is 0 Å². The van der Waals surface area contributed by atoms with Gasteiger partial charge in [0, 0.05) is 16.7 Å². The van der Waals surface area contributed by atoms with Crippen LogP contribution in [0.4, 0.5) is 0 Å². The lowest BCUT2D eigenvalue weighted by atomic mass is 9.99. The molecular formula is C45H29N3. The Morgan fingerprint density at radius 3 is 1.29 bits per heavy atom. The molecule has 0 aliphatic heterocycles. The van der Waals surface area contributed by atoms with Crippen molar-refractivity contribution in [1.29, 1.82) is 0 Å². The Balaban J connectivity index is 1.13. The van der Waals surface area contributed by atoms with Gasteiger partial charge in [-0.1, -0.05) is 164 Å². The molecule has 0 N–H and O–H groups in total. The summed E-state index contributed by atoms with van der Waals surface area (Å²) in [6.45, 7) is 0. The molecule has 48 heavy (non-hydrogen) atoms. The Morgan fingerprint density at radius 1 is 0.229 bits per heavy atom. The SMILES string of the molecule is c1ccc(-c2ccc(-c3ccc(-c4nc(-c5ccc6ccccc6c5)nc(-c5ccc6c(ccc7ccccc76)c5)n4)cc3)cc2)cc1. The van der Waals surface area contributed by atoms with Crippen LogP contribution in [0.15, 0.2) is 176 Å². The van der Waals surface area contributed by atoms with Gasteiger partial charge in [0.2, 0.25) is 0 Å². The molecule has 1 heterocycles. The molecule has 0 unspecified atom stereocenters. The summed E-state index contributed by atoms with van der Waals surface area (Å²) >= 11 is 0. The fourth-order valence-electron chi connectivity index (χ4n) is 6.54. The van der Waals surface area contributed by atoms with Gasteiger partial charge in [0.05, 0.1) is 0 Å². The number of nitrogens with zero attached hydrogens (tertiary/aromatic N) is 3. The number of aromatic nitrogens is 3. The van der Waals surface area contributed by atoms with Crippen LogP contribution < -0.4 is 0 Å². The van der Waals surface area contributed by atoms with Gasteiger partial charge in [0.25, 0.3) is 0 Å². The summed E-state index contributed by atoms with van der Waals surface area (Å²) in [5.74, 6) is 1.95. The van der Waals surface area contributed by atoms with Crippen molar-refractivity contribution in [2.45, 2.75) is 0 Å². The van der Waals surface area contributed by atoms with E-state index in [0.717, 1.165) is 38.6 Å². The first-order valence-electron chi connectivity index (χ1n) is 16.2. The molecule has 0 bridgehead atoms. The summed E-state index contributed by atoms with van der Waals surface area (Å²) in [5, 5.41) is 7.18. The average Bonchev–Trinajstić information content (AvgIpc) is 3.17. The minimum absolute atomic E-state index is 0.646. The highest BCUT2D eigenvalue weighted by Crippen LogP contribution is 2.32. The molecule has 0 aliphatic rings. The van der Waals surface area contributed by atoms with Gasteiger partial charge in [-0.05, 0) is 66.7 Å². The summed E-state index contributed by atoms with van der Waals surface area (Å²) in [4.78, 5) is 15.1. The second-order valence-electron chi connectivity index (χ2n) is 12.1. The highest BCUT2D eigenvalue weighted by atomic mass is 15.0. The molecule has 0 atom stereocenters. The molecule has 9 aromatic rings. The predicted molar refractivity (Wildman–Crippen MR) is 200 cm³/mol. The van der Waals surface area contributed by atoms with E-state index < -0.39 is 0 Å². The number of rotatable bonds is 5. The maximum absolute atomic E-state index is 5.06. The van der Waals surface area contributed by atoms with Crippen molar-refractivity contribution in [3.63, 3.8) is 0 Å². The monoisotopic (exact) mass is 611 g/mol. The third-order valence-corrected chi connectivity index (χ3v) is 9.11. The lowest BCUT2D eigenvalue weighted by Crippen LogP contribution is -2.00. The molecule has 9 rings (SSSR count). The predicted octanol–water partition coefficient (Wildman–Crippen LogP) is 11.7. The van der Waals surface area contributed by atoms with E-state index >= 15 is 0 Å². The highest BCUT2D eigenvalue weighted by Gasteiger charge is 2.14. The maximum Gasteiger partial charge on any atom is 0.164 e. The first-order valence-corrected chi connectivity index (χ1v) is 16.2. The van der Waals surface area contributed by atoms with E-state index in [9.17, 15) is 0 Å². The van der Waals surface area contributed by atoms with Crippen molar-refractivity contribution in [1.82, 2.24) is 15.0 Å². The van der Waals surface area contributed by atoms with Gasteiger partial charge in [0.15, 0.2) is 17.5 Å². The molecule has 3 heteroatoms. The second-order valence-corrected chi connectivity index (χ2v) is 12.1. The van der Waals surface area contributed by atoms with Crippen molar-refractivity contribution >= 4 is 32.3 Å². The summed E-state index contributed by atoms with van der Waals surface area (Å²) < 4.78 is 0. The third kappa shape index (κ3) is 5.18. The molecule has 0 saturated heterocycles. The largest absolute Gasteiger partial charge is 0.208 e. The van der Waals surface area contributed by atoms with E-state index in [1.165, 1.54) is 32.7 Å². The molecular weight excluding hydrogens is 583 g/mol. The molecule has 1 aromatic heterocycles. The zero-order chi connectivity index (χ0) is 31.9. The van der Waals surface area contributed by atoms with Gasteiger partial charge in [-0.25, -0.2) is 15.0 Å². The summed E-state index contributed by atoms with van der Waals surface area (Å²) in [7, 11) is 0. The zero-order valence-electron chi connectivity index (χ0n) is 26.1. The van der Waals surface area contributed by atoms with Crippen LogP contribution in [0, 0.1) is 0 Å². The van der Waals surface area contributed by atoms with Crippen LogP contribution in [0.3, 0.4) is 0 Å². The quantitative estimate of drug-likeness (QED) is 0.182.